The van der Waals surface area contributed by atoms with Gasteiger partial charge in [-0.25, -0.2) is 20.0 Å². The maximum Gasteiger partial charge on any atom is 0.411 e. The molecule has 5 rings (SSSR count). The summed E-state index contributed by atoms with van der Waals surface area (Å²) in [7, 11) is 1.22. The molecule has 14 nitrogen and oxygen atoms in total. The fourth-order valence-electron chi connectivity index (χ4n) is 4.94. The molecule has 3 amide bonds. The third-order valence-corrected chi connectivity index (χ3v) is 7.73. The third-order valence-electron chi connectivity index (χ3n) is 7.22. The van der Waals surface area contributed by atoms with Crippen LogP contribution in [0.4, 0.5) is 26.2 Å². The number of aromatic amines is 1. The molecule has 17 heteroatoms. The summed E-state index contributed by atoms with van der Waals surface area (Å²) in [5.74, 6) is 4.77. The lowest BCUT2D eigenvalue weighted by molar-refractivity contribution is -0.117. The van der Waals surface area contributed by atoms with E-state index in [0.29, 0.717) is 33.2 Å². The van der Waals surface area contributed by atoms with E-state index in [0.717, 1.165) is 0 Å². The highest BCUT2D eigenvalue weighted by molar-refractivity contribution is 6.32. The second kappa shape index (κ2) is 15.5. The van der Waals surface area contributed by atoms with Gasteiger partial charge in [0, 0.05) is 59.6 Å². The molecule has 0 unspecified atom stereocenters. The number of rotatable bonds is 7. The van der Waals surface area contributed by atoms with Crippen LogP contribution in [0.5, 0.6) is 0 Å². The Morgan fingerprint density at radius 1 is 1.16 bits per heavy atom. The number of ether oxygens (including phenoxy) is 1. The molecule has 2 aromatic heterocycles. The number of fused-ring (bicyclic) bond motifs is 6. The molecule has 252 valence electrons. The molecule has 0 spiro atoms. The van der Waals surface area contributed by atoms with E-state index in [-0.39, 0.29) is 47.3 Å². The summed E-state index contributed by atoms with van der Waals surface area (Å²) < 4.78 is 19.5. The zero-order valence-electron chi connectivity index (χ0n) is 25.8. The number of methoxy groups -OCH3 is 1. The zero-order chi connectivity index (χ0) is 35.1. The van der Waals surface area contributed by atoms with Gasteiger partial charge in [-0.3, -0.25) is 24.9 Å². The summed E-state index contributed by atoms with van der Waals surface area (Å²) in [5.41, 5.74) is 2.74. The van der Waals surface area contributed by atoms with Gasteiger partial charge in [-0.2, -0.15) is 5.10 Å². The molecule has 4 bridgehead atoms. The highest BCUT2D eigenvalue weighted by atomic mass is 35.5. The number of hydrogen-bond donors (Lipinski definition) is 5. The summed E-state index contributed by atoms with van der Waals surface area (Å²) in [6.07, 6.45) is 3.30. The van der Waals surface area contributed by atoms with Crippen molar-refractivity contribution in [1.82, 2.24) is 20.3 Å². The van der Waals surface area contributed by atoms with E-state index in [9.17, 15) is 18.8 Å². The lowest BCUT2D eigenvalue weighted by Crippen LogP contribution is -2.30. The maximum atomic E-state index is 14.8. The van der Waals surface area contributed by atoms with Crippen LogP contribution in [0.1, 0.15) is 35.2 Å². The lowest BCUT2D eigenvalue weighted by Gasteiger charge is -2.17. The van der Waals surface area contributed by atoms with Gasteiger partial charge in [0.2, 0.25) is 11.8 Å². The molecular formula is C32H29Cl2FN10O4. The molecule has 1 aliphatic heterocycles. The van der Waals surface area contributed by atoms with Crippen molar-refractivity contribution in [3.63, 3.8) is 0 Å². The Hall–Kier alpha value is -5.64. The molecule has 2 aromatic carbocycles. The molecule has 0 saturated carbocycles. The Balaban J connectivity index is 1.53. The number of aromatic nitrogens is 3. The Labute approximate surface area is 289 Å². The fraction of sp³-hybridized carbons (Fsp3) is 0.156. The Bertz CT molecular complexity index is 1980. The van der Waals surface area contributed by atoms with Crippen molar-refractivity contribution in [1.29, 1.82) is 0 Å². The zero-order valence-corrected chi connectivity index (χ0v) is 27.3. The van der Waals surface area contributed by atoms with E-state index in [2.05, 4.69) is 47.6 Å². The van der Waals surface area contributed by atoms with Crippen molar-refractivity contribution in [2.24, 2.45) is 16.0 Å². The molecule has 49 heavy (non-hydrogen) atoms. The number of hydrogen-bond acceptors (Lipinski definition) is 9. The Kier molecular flexibility index (Phi) is 11.0. The Morgan fingerprint density at radius 2 is 1.98 bits per heavy atom. The van der Waals surface area contributed by atoms with Crippen molar-refractivity contribution in [2.75, 3.05) is 22.8 Å². The quantitative estimate of drug-likeness (QED) is 0.0553. The molecule has 1 aliphatic rings. The molecule has 4 aromatic rings. The van der Waals surface area contributed by atoms with Gasteiger partial charge in [0.25, 0.3) is 0 Å². The average molecular weight is 708 g/mol. The average Bonchev–Trinajstić information content (AvgIpc) is 3.46. The van der Waals surface area contributed by atoms with Gasteiger partial charge in [0.1, 0.15) is 28.8 Å². The van der Waals surface area contributed by atoms with E-state index in [1.165, 1.54) is 48.8 Å². The van der Waals surface area contributed by atoms with Gasteiger partial charge in [-0.05, 0) is 54.6 Å². The van der Waals surface area contributed by atoms with Crippen LogP contribution in [0.25, 0.3) is 17.3 Å². The van der Waals surface area contributed by atoms with Crippen LogP contribution >= 0.6 is 23.2 Å². The number of imidazole rings is 1. The molecule has 0 fully saturated rings. The number of halogens is 3. The summed E-state index contributed by atoms with van der Waals surface area (Å²) >= 11 is 12.9. The van der Waals surface area contributed by atoms with E-state index < -0.39 is 29.8 Å². The number of pyridine rings is 1. The SMILES string of the molecule is C=N/N=C\N(N)c1ccc(Cl)cc1/C=C/C(=O)N[C@@H]1Cc2ccc(F)c(n2)CCC(=O)Nc2cc(NC(=O)OC)ccc2-c2nc1[nH]c2Cl. The summed E-state index contributed by atoms with van der Waals surface area (Å²) in [6.45, 7) is 3.28. The van der Waals surface area contributed by atoms with Crippen LogP contribution in [0.2, 0.25) is 10.2 Å². The molecule has 1 atom stereocenters. The lowest BCUT2D eigenvalue weighted by atomic mass is 10.1. The van der Waals surface area contributed by atoms with E-state index in [1.807, 2.05) is 0 Å². The normalized spacial score (nSPS) is 14.5. The van der Waals surface area contributed by atoms with E-state index in [1.54, 1.807) is 30.3 Å². The molecule has 3 heterocycles. The van der Waals surface area contributed by atoms with Crippen molar-refractivity contribution in [3.8, 4) is 11.3 Å². The highest BCUT2D eigenvalue weighted by Crippen LogP contribution is 2.36. The van der Waals surface area contributed by atoms with Crippen LogP contribution in [-0.4, -0.2) is 53.0 Å². The molecule has 0 saturated heterocycles. The minimum Gasteiger partial charge on any atom is -0.453 e. The van der Waals surface area contributed by atoms with Gasteiger partial charge in [0.05, 0.1) is 30.2 Å². The number of amides is 3. The topological polar surface area (TPSA) is 192 Å². The predicted molar refractivity (Wildman–Crippen MR) is 186 cm³/mol. The number of nitrogens with zero attached hydrogens (tertiary/aromatic N) is 5. The van der Waals surface area contributed by atoms with Gasteiger partial charge in [0.15, 0.2) is 0 Å². The highest BCUT2D eigenvalue weighted by Gasteiger charge is 2.24. The summed E-state index contributed by atoms with van der Waals surface area (Å²) in [4.78, 5) is 50.4. The minimum atomic E-state index is -0.828. The number of carbonyl (C=O) groups excluding carboxylic acids is 3. The molecule has 0 aliphatic carbocycles. The number of benzene rings is 2. The van der Waals surface area contributed by atoms with Crippen molar-refractivity contribution in [2.45, 2.75) is 25.3 Å². The number of carbonyl (C=O) groups is 3. The number of nitrogens with one attached hydrogen (secondary N) is 4. The molecule has 6 N–H and O–H groups in total. The van der Waals surface area contributed by atoms with Crippen LogP contribution in [0.3, 0.4) is 0 Å². The summed E-state index contributed by atoms with van der Waals surface area (Å²) in [5, 5.41) is 17.0. The van der Waals surface area contributed by atoms with Crippen LogP contribution in [-0.2, 0) is 27.2 Å². The summed E-state index contributed by atoms with van der Waals surface area (Å²) in [6, 6.07) is 11.5. The van der Waals surface area contributed by atoms with E-state index >= 15 is 0 Å². The van der Waals surface area contributed by atoms with Gasteiger partial charge in [-0.15, -0.1) is 5.10 Å². The van der Waals surface area contributed by atoms with Gasteiger partial charge < -0.3 is 20.4 Å². The second-order valence-electron chi connectivity index (χ2n) is 10.5. The van der Waals surface area contributed by atoms with Crippen LogP contribution < -0.4 is 26.8 Å². The standard InChI is InChI=1S/C32H29Cl2FN10O4/c1-37-38-16-45(36)26-10-4-18(33)13-17(26)3-11-27(46)42-25-15-19-6-8-22(35)23(39-19)9-12-28(47)41-24-14-20(40-32(48)49-2)5-7-21(24)29-30(34)44-31(25)43-29/h3-8,10-11,13-14,16,25H,1,9,12,15,36H2,2H3,(H,40,48)(H,41,47)(H,42,46)(H,43,44)/b11-3+,38-16-/t25-/m1/s1. The predicted octanol–water partition coefficient (Wildman–Crippen LogP) is 5.42. The number of H-pyrrole nitrogens is 1. The molecular weight excluding hydrogens is 678 g/mol. The smallest absolute Gasteiger partial charge is 0.411 e. The van der Waals surface area contributed by atoms with Gasteiger partial charge in [-0.1, -0.05) is 23.2 Å². The maximum absolute atomic E-state index is 14.8. The van der Waals surface area contributed by atoms with Gasteiger partial charge >= 0.3 is 6.09 Å². The van der Waals surface area contributed by atoms with E-state index in [4.69, 9.17) is 34.0 Å². The second-order valence-corrected chi connectivity index (χ2v) is 11.3. The number of nitrogens with two attached hydrogens (primary N) is 1. The fourth-order valence-corrected chi connectivity index (χ4v) is 5.36. The third kappa shape index (κ3) is 8.64. The monoisotopic (exact) mass is 706 g/mol. The number of hydrazine groups is 1. The molecule has 0 radical (unpaired) electrons. The van der Waals surface area contributed by atoms with Crippen molar-refractivity contribution >= 4 is 77.3 Å². The van der Waals surface area contributed by atoms with Crippen molar-refractivity contribution < 1.29 is 23.5 Å². The number of anilines is 3. The van der Waals surface area contributed by atoms with Crippen LogP contribution in [0, 0.1) is 5.82 Å². The van der Waals surface area contributed by atoms with Crippen molar-refractivity contribution in [3.05, 3.63) is 93.4 Å². The first-order valence-electron chi connectivity index (χ1n) is 14.5. The Morgan fingerprint density at radius 3 is 2.76 bits per heavy atom. The first-order valence-corrected chi connectivity index (χ1v) is 15.3. The van der Waals surface area contributed by atoms with Crippen LogP contribution in [0.15, 0.2) is 64.8 Å². The first-order chi connectivity index (χ1) is 23.5. The number of aryl methyl sites for hydroxylation is 1. The first kappa shape index (κ1) is 34.7. The largest absolute Gasteiger partial charge is 0.453 e. The minimum absolute atomic E-state index is 0.00292.